The molecule has 0 radical (unpaired) electrons. The number of nitrogens with one attached hydrogen (secondary N) is 1. The van der Waals surface area contributed by atoms with Gasteiger partial charge in [0.1, 0.15) is 12.4 Å². The van der Waals surface area contributed by atoms with Crippen molar-refractivity contribution in [3.05, 3.63) is 56.7 Å². The first-order chi connectivity index (χ1) is 11.0. The summed E-state index contributed by atoms with van der Waals surface area (Å²) in [4.78, 5) is 0.844. The summed E-state index contributed by atoms with van der Waals surface area (Å²) in [7, 11) is 0. The van der Waals surface area contributed by atoms with Gasteiger partial charge in [-0.1, -0.05) is 44.3 Å². The van der Waals surface area contributed by atoms with Crippen molar-refractivity contribution in [3.63, 3.8) is 0 Å². The van der Waals surface area contributed by atoms with Crippen molar-refractivity contribution >= 4 is 45.5 Å². The monoisotopic (exact) mass is 439 g/mol. The lowest BCUT2D eigenvalue weighted by atomic mass is 10.1. The molecule has 0 saturated heterocycles. The van der Waals surface area contributed by atoms with Crippen LogP contribution in [0.1, 0.15) is 37.0 Å². The number of hydrogen-bond donors (Lipinski definition) is 1. The highest BCUT2D eigenvalue weighted by atomic mass is 127. The number of thiocarbonyl (C=S) groups is 1. The molecule has 2 rings (SSSR count). The number of ether oxygens (including phenoxy) is 1. The zero-order valence-electron chi connectivity index (χ0n) is 13.8. The van der Waals surface area contributed by atoms with Gasteiger partial charge in [-0.15, -0.1) is 0 Å². The summed E-state index contributed by atoms with van der Waals surface area (Å²) in [5, 5.41) is 3.32. The van der Waals surface area contributed by atoms with E-state index in [0.29, 0.717) is 6.61 Å². The Morgan fingerprint density at radius 1 is 1.17 bits per heavy atom. The molecule has 122 valence electrons. The van der Waals surface area contributed by atoms with Crippen molar-refractivity contribution in [1.82, 2.24) is 0 Å². The van der Waals surface area contributed by atoms with E-state index in [0.717, 1.165) is 34.8 Å². The Kier molecular flexibility index (Phi) is 6.84. The molecule has 0 spiro atoms. The fourth-order valence-corrected chi connectivity index (χ4v) is 2.88. The van der Waals surface area contributed by atoms with Gasteiger partial charge in [0.25, 0.3) is 0 Å². The molecule has 0 saturated carbocycles. The summed E-state index contributed by atoms with van der Waals surface area (Å²) in [6.07, 6.45) is 1.87. The topological polar surface area (TPSA) is 21.3 Å². The Balaban J connectivity index is 2.15. The molecule has 2 nitrogen and oxygen atoms in total. The van der Waals surface area contributed by atoms with Crippen molar-refractivity contribution in [2.75, 3.05) is 5.32 Å². The number of aryl methyl sites for hydroxylation is 2. The van der Waals surface area contributed by atoms with E-state index in [1.54, 1.807) is 0 Å². The highest BCUT2D eigenvalue weighted by Gasteiger charge is 2.07. The summed E-state index contributed by atoms with van der Waals surface area (Å²) in [5.41, 5.74) is 4.65. The predicted octanol–water partition coefficient (Wildman–Crippen LogP) is 5.89. The maximum absolute atomic E-state index is 6.03. The second kappa shape index (κ2) is 8.64. The number of halogens is 1. The SMILES string of the molecule is CCC(=S)Nc1cc(I)ccc1COc1ccc(CC)cc1C. The summed E-state index contributed by atoms with van der Waals surface area (Å²) in [6, 6.07) is 12.7. The van der Waals surface area contributed by atoms with Gasteiger partial charge in [0.05, 0.1) is 4.99 Å². The van der Waals surface area contributed by atoms with Crippen molar-refractivity contribution in [2.45, 2.75) is 40.2 Å². The molecular formula is C19H22INOS. The van der Waals surface area contributed by atoms with Crippen molar-refractivity contribution in [2.24, 2.45) is 0 Å². The molecule has 1 N–H and O–H groups in total. The van der Waals surface area contributed by atoms with Gasteiger partial charge in [0.15, 0.2) is 0 Å². The molecule has 0 unspecified atom stereocenters. The summed E-state index contributed by atoms with van der Waals surface area (Å²) >= 11 is 7.62. The fourth-order valence-electron chi connectivity index (χ4n) is 2.28. The van der Waals surface area contributed by atoms with Gasteiger partial charge in [-0.05, 0) is 71.7 Å². The minimum Gasteiger partial charge on any atom is -0.489 e. The molecule has 0 aliphatic carbocycles. The minimum absolute atomic E-state index is 0.526. The fraction of sp³-hybridized carbons (Fsp3) is 0.316. The highest BCUT2D eigenvalue weighted by molar-refractivity contribution is 14.1. The summed E-state index contributed by atoms with van der Waals surface area (Å²) in [5.74, 6) is 0.935. The van der Waals surface area contributed by atoms with Crippen LogP contribution < -0.4 is 10.1 Å². The molecule has 0 bridgehead atoms. The summed E-state index contributed by atoms with van der Waals surface area (Å²) in [6.45, 7) is 6.83. The average Bonchev–Trinajstić information content (AvgIpc) is 2.54. The van der Waals surface area contributed by atoms with E-state index in [1.807, 2.05) is 0 Å². The molecule has 0 aliphatic heterocycles. The van der Waals surface area contributed by atoms with Crippen molar-refractivity contribution in [3.8, 4) is 5.75 Å². The van der Waals surface area contributed by atoms with Crippen molar-refractivity contribution < 1.29 is 4.74 Å². The van der Waals surface area contributed by atoms with Gasteiger partial charge < -0.3 is 10.1 Å². The maximum atomic E-state index is 6.03. The second-order valence-electron chi connectivity index (χ2n) is 5.45. The Labute approximate surface area is 157 Å². The van der Waals surface area contributed by atoms with Crippen LogP contribution in [0.4, 0.5) is 5.69 Å². The van der Waals surface area contributed by atoms with E-state index in [4.69, 9.17) is 17.0 Å². The molecule has 4 heteroatoms. The molecule has 0 aromatic heterocycles. The lowest BCUT2D eigenvalue weighted by Gasteiger charge is -2.15. The van der Waals surface area contributed by atoms with E-state index < -0.39 is 0 Å². The van der Waals surface area contributed by atoms with E-state index in [-0.39, 0.29) is 0 Å². The lowest BCUT2D eigenvalue weighted by molar-refractivity contribution is 0.304. The van der Waals surface area contributed by atoms with Gasteiger partial charge in [-0.25, -0.2) is 0 Å². The summed E-state index contributed by atoms with van der Waals surface area (Å²) < 4.78 is 7.21. The highest BCUT2D eigenvalue weighted by Crippen LogP contribution is 2.24. The quantitative estimate of drug-likeness (QED) is 0.448. The van der Waals surface area contributed by atoms with Crippen LogP contribution in [0, 0.1) is 10.5 Å². The minimum atomic E-state index is 0.526. The third kappa shape index (κ3) is 5.18. The number of benzene rings is 2. The standard InChI is InChI=1S/C19H22INOS/c1-4-14-6-9-18(13(3)10-14)22-12-15-7-8-16(20)11-17(15)21-19(23)5-2/h6-11H,4-5,12H2,1-3H3,(H,21,23). The van der Waals surface area contributed by atoms with E-state index >= 15 is 0 Å². The molecule has 0 atom stereocenters. The van der Waals surface area contributed by atoms with Crippen LogP contribution in [-0.2, 0) is 13.0 Å². The molecule has 2 aromatic carbocycles. The van der Waals surface area contributed by atoms with Crippen molar-refractivity contribution in [1.29, 1.82) is 0 Å². The van der Waals surface area contributed by atoms with E-state index in [2.05, 4.69) is 85.1 Å². The third-order valence-electron chi connectivity index (χ3n) is 3.70. The molecule has 0 heterocycles. The first-order valence-corrected chi connectivity index (χ1v) is 9.32. The Morgan fingerprint density at radius 2 is 1.96 bits per heavy atom. The zero-order chi connectivity index (χ0) is 16.8. The predicted molar refractivity (Wildman–Crippen MR) is 111 cm³/mol. The van der Waals surface area contributed by atoms with Crippen LogP contribution in [0.25, 0.3) is 0 Å². The van der Waals surface area contributed by atoms with Crippen LogP contribution in [0.15, 0.2) is 36.4 Å². The van der Waals surface area contributed by atoms with Gasteiger partial charge >= 0.3 is 0 Å². The Hall–Kier alpha value is -1.14. The van der Waals surface area contributed by atoms with Crippen LogP contribution in [0.2, 0.25) is 0 Å². The van der Waals surface area contributed by atoms with Gasteiger partial charge in [0.2, 0.25) is 0 Å². The molecular weight excluding hydrogens is 417 g/mol. The van der Waals surface area contributed by atoms with Gasteiger partial charge in [-0.3, -0.25) is 0 Å². The van der Waals surface area contributed by atoms with Crippen LogP contribution in [-0.4, -0.2) is 4.99 Å². The van der Waals surface area contributed by atoms with Crippen LogP contribution in [0.3, 0.4) is 0 Å². The Morgan fingerprint density at radius 3 is 2.61 bits per heavy atom. The molecule has 2 aromatic rings. The third-order valence-corrected chi connectivity index (χ3v) is 4.76. The average molecular weight is 439 g/mol. The smallest absolute Gasteiger partial charge is 0.122 e. The largest absolute Gasteiger partial charge is 0.489 e. The number of anilines is 1. The Bertz CT molecular complexity index is 700. The van der Waals surface area contributed by atoms with E-state index in [1.165, 1.54) is 14.7 Å². The molecule has 0 amide bonds. The normalized spacial score (nSPS) is 10.4. The maximum Gasteiger partial charge on any atom is 0.122 e. The lowest BCUT2D eigenvalue weighted by Crippen LogP contribution is -2.10. The van der Waals surface area contributed by atoms with Crippen LogP contribution in [0.5, 0.6) is 5.75 Å². The number of rotatable bonds is 6. The van der Waals surface area contributed by atoms with Gasteiger partial charge in [-0.2, -0.15) is 0 Å². The second-order valence-corrected chi connectivity index (χ2v) is 7.18. The first-order valence-electron chi connectivity index (χ1n) is 7.84. The first kappa shape index (κ1) is 18.2. The molecule has 0 fully saturated rings. The van der Waals surface area contributed by atoms with Gasteiger partial charge in [0, 0.05) is 14.8 Å². The number of hydrogen-bond acceptors (Lipinski definition) is 2. The molecule has 0 aliphatic rings. The van der Waals surface area contributed by atoms with Crippen LogP contribution >= 0.6 is 34.8 Å². The van der Waals surface area contributed by atoms with E-state index in [9.17, 15) is 0 Å². The molecule has 23 heavy (non-hydrogen) atoms. The zero-order valence-corrected chi connectivity index (χ0v) is 16.8.